The van der Waals surface area contributed by atoms with Gasteiger partial charge in [-0.15, -0.1) is 0 Å². The summed E-state index contributed by atoms with van der Waals surface area (Å²) in [5.41, 5.74) is 5.87. The Balaban J connectivity index is 0.00000280. The first-order valence-electron chi connectivity index (χ1n) is 11.8. The van der Waals surface area contributed by atoms with Crippen LogP contribution in [0.5, 0.6) is 0 Å². The molecule has 6 aromatic rings. The molecule has 2 aromatic heterocycles. The van der Waals surface area contributed by atoms with E-state index in [4.69, 9.17) is 0 Å². The van der Waals surface area contributed by atoms with Crippen molar-refractivity contribution in [3.8, 4) is 11.1 Å². The quantitative estimate of drug-likeness (QED) is 0.236. The zero-order valence-electron chi connectivity index (χ0n) is 20.4. The molecule has 0 atom stereocenters. The highest BCUT2D eigenvalue weighted by Gasteiger charge is 2.29. The number of rotatable bonds is 3. The van der Waals surface area contributed by atoms with Gasteiger partial charge in [0.15, 0.2) is 6.20 Å². The van der Waals surface area contributed by atoms with Gasteiger partial charge < -0.3 is 17.0 Å². The monoisotopic (exact) mass is 516 g/mol. The highest BCUT2D eigenvalue weighted by Crippen LogP contribution is 2.32. The van der Waals surface area contributed by atoms with Crippen LogP contribution in [0.15, 0.2) is 97.3 Å². The van der Waals surface area contributed by atoms with E-state index in [1.54, 1.807) is 12.1 Å². The number of aryl methyl sites for hydroxylation is 2. The molecule has 0 bridgehead atoms. The zero-order chi connectivity index (χ0) is 25.0. The summed E-state index contributed by atoms with van der Waals surface area (Å²) in [4.78, 5) is 0. The van der Waals surface area contributed by atoms with E-state index in [9.17, 15) is 13.2 Å². The Morgan fingerprint density at radius 2 is 1.46 bits per heavy atom. The Hall–Kier alpha value is -3.83. The van der Waals surface area contributed by atoms with E-state index in [-0.39, 0.29) is 12.4 Å². The van der Waals surface area contributed by atoms with Crippen molar-refractivity contribution >= 4 is 32.6 Å². The molecule has 0 saturated carbocycles. The van der Waals surface area contributed by atoms with E-state index >= 15 is 0 Å². The Kier molecular flexibility index (Phi) is 6.20. The molecule has 0 saturated heterocycles. The lowest BCUT2D eigenvalue weighted by molar-refractivity contribution is -0.643. The van der Waals surface area contributed by atoms with E-state index in [2.05, 4.69) is 83.9 Å². The van der Waals surface area contributed by atoms with Gasteiger partial charge in [0.1, 0.15) is 7.05 Å². The Bertz CT molecular complexity index is 1770. The normalized spacial score (nSPS) is 11.8. The molecule has 6 heteroatoms. The third kappa shape index (κ3) is 4.56. The van der Waals surface area contributed by atoms with Gasteiger partial charge in [0.2, 0.25) is 5.52 Å². The standard InChI is InChI=1S/C31H24F3N2.ClH/c1-20-3-6-25-19-35(2)29-12-9-23(16-28(29)27(25)15-20)24-8-7-22-13-14-36(30(22)17-24)18-21-4-10-26(11-5-21)31(32,33)34;/h3-17,19H,18H2,1-2H3;1H/q+1;/p-1. The van der Waals surface area contributed by atoms with Crippen molar-refractivity contribution in [2.75, 3.05) is 0 Å². The van der Waals surface area contributed by atoms with Crippen molar-refractivity contribution in [3.05, 3.63) is 114 Å². The summed E-state index contributed by atoms with van der Waals surface area (Å²) >= 11 is 0. The summed E-state index contributed by atoms with van der Waals surface area (Å²) in [5, 5.41) is 4.74. The van der Waals surface area contributed by atoms with E-state index in [0.717, 1.165) is 39.7 Å². The fourth-order valence-corrected chi connectivity index (χ4v) is 5.03. The van der Waals surface area contributed by atoms with Crippen LogP contribution in [0.25, 0.3) is 43.7 Å². The van der Waals surface area contributed by atoms with Gasteiger partial charge >= 0.3 is 6.18 Å². The smallest absolute Gasteiger partial charge is 0.416 e. The van der Waals surface area contributed by atoms with Crippen LogP contribution in [-0.2, 0) is 19.8 Å². The molecule has 37 heavy (non-hydrogen) atoms. The Morgan fingerprint density at radius 3 is 2.22 bits per heavy atom. The number of benzene rings is 4. The molecule has 6 rings (SSSR count). The van der Waals surface area contributed by atoms with Crippen molar-refractivity contribution in [2.24, 2.45) is 7.05 Å². The number of alkyl halides is 3. The minimum Gasteiger partial charge on any atom is -1.00 e. The first-order chi connectivity index (χ1) is 17.3. The summed E-state index contributed by atoms with van der Waals surface area (Å²) in [6.45, 7) is 2.61. The lowest BCUT2D eigenvalue weighted by Gasteiger charge is -2.10. The predicted octanol–water partition coefficient (Wildman–Crippen LogP) is 4.82. The van der Waals surface area contributed by atoms with Crippen molar-refractivity contribution in [1.29, 1.82) is 0 Å². The summed E-state index contributed by atoms with van der Waals surface area (Å²) in [6.07, 6.45) is -0.172. The number of aromatic nitrogens is 2. The van der Waals surface area contributed by atoms with E-state index in [1.807, 2.05) is 12.3 Å². The lowest BCUT2D eigenvalue weighted by atomic mass is 9.98. The molecule has 0 unspecified atom stereocenters. The molecule has 4 aromatic carbocycles. The minimum atomic E-state index is -4.32. The Labute approximate surface area is 219 Å². The summed E-state index contributed by atoms with van der Waals surface area (Å²) in [7, 11) is 2.07. The van der Waals surface area contributed by atoms with Gasteiger partial charge in [-0.05, 0) is 71.5 Å². The second-order valence-corrected chi connectivity index (χ2v) is 9.47. The molecule has 2 heterocycles. The highest BCUT2D eigenvalue weighted by molar-refractivity contribution is 6.05. The van der Waals surface area contributed by atoms with E-state index in [0.29, 0.717) is 6.54 Å². The third-order valence-corrected chi connectivity index (χ3v) is 6.95. The van der Waals surface area contributed by atoms with Crippen LogP contribution in [0.3, 0.4) is 0 Å². The molecule has 2 nitrogen and oxygen atoms in total. The number of nitrogens with zero attached hydrogens (tertiary/aromatic N) is 2. The number of pyridine rings is 1. The van der Waals surface area contributed by atoms with Crippen LogP contribution in [0, 0.1) is 6.92 Å². The van der Waals surface area contributed by atoms with Crippen LogP contribution < -0.4 is 17.0 Å². The maximum Gasteiger partial charge on any atom is 0.416 e. The highest BCUT2D eigenvalue weighted by atomic mass is 35.5. The van der Waals surface area contributed by atoms with Crippen LogP contribution in [-0.4, -0.2) is 4.57 Å². The second kappa shape index (κ2) is 9.24. The third-order valence-electron chi connectivity index (χ3n) is 6.95. The molecule has 0 fully saturated rings. The molecule has 0 radical (unpaired) electrons. The van der Waals surface area contributed by atoms with Crippen LogP contribution in [0.1, 0.15) is 16.7 Å². The number of fused-ring (bicyclic) bond motifs is 4. The topological polar surface area (TPSA) is 8.81 Å². The predicted molar refractivity (Wildman–Crippen MR) is 139 cm³/mol. The van der Waals surface area contributed by atoms with Gasteiger partial charge in [-0.25, -0.2) is 4.57 Å². The van der Waals surface area contributed by atoms with Crippen LogP contribution in [0.2, 0.25) is 0 Å². The maximum absolute atomic E-state index is 12.9. The molecular weight excluding hydrogens is 493 g/mol. The van der Waals surface area contributed by atoms with E-state index < -0.39 is 11.7 Å². The molecule has 186 valence electrons. The number of hydrogen-bond donors (Lipinski definition) is 0. The van der Waals surface area contributed by atoms with E-state index in [1.165, 1.54) is 27.2 Å². The van der Waals surface area contributed by atoms with Gasteiger partial charge in [0.25, 0.3) is 0 Å². The molecular formula is C31H24ClF3N2. The molecule has 0 aliphatic carbocycles. The van der Waals surface area contributed by atoms with Crippen molar-refractivity contribution in [2.45, 2.75) is 19.6 Å². The summed E-state index contributed by atoms with van der Waals surface area (Å²) < 4.78 is 43.0. The molecule has 0 aliphatic heterocycles. The molecule has 0 aliphatic rings. The Morgan fingerprint density at radius 1 is 0.757 bits per heavy atom. The maximum atomic E-state index is 12.9. The second-order valence-electron chi connectivity index (χ2n) is 9.47. The minimum absolute atomic E-state index is 0. The molecule has 0 spiro atoms. The van der Waals surface area contributed by atoms with Crippen molar-refractivity contribution in [3.63, 3.8) is 0 Å². The average molecular weight is 517 g/mol. The van der Waals surface area contributed by atoms with Gasteiger partial charge in [-0.2, -0.15) is 13.2 Å². The van der Waals surface area contributed by atoms with Crippen LogP contribution >= 0.6 is 0 Å². The first-order valence-corrected chi connectivity index (χ1v) is 11.8. The van der Waals surface area contributed by atoms with Gasteiger partial charge in [0, 0.05) is 35.1 Å². The number of hydrogen-bond acceptors (Lipinski definition) is 0. The zero-order valence-corrected chi connectivity index (χ0v) is 21.1. The fourth-order valence-electron chi connectivity index (χ4n) is 5.03. The fraction of sp³-hybridized carbons (Fsp3) is 0.129. The molecule has 0 amide bonds. The van der Waals surface area contributed by atoms with Gasteiger partial charge in [-0.3, -0.25) is 0 Å². The lowest BCUT2D eigenvalue weighted by Crippen LogP contribution is -3.00. The largest absolute Gasteiger partial charge is 1.00 e. The van der Waals surface area contributed by atoms with Gasteiger partial charge in [0.05, 0.1) is 10.9 Å². The SMILES string of the molecule is Cc1ccc2c[n+](C)c3ccc(-c4ccc5ccn(Cc6ccc(C(F)(F)F)cc6)c5c4)cc3c2c1.[Cl-]. The molecule has 0 N–H and O–H groups in total. The van der Waals surface area contributed by atoms with Crippen LogP contribution in [0.4, 0.5) is 13.2 Å². The summed E-state index contributed by atoms with van der Waals surface area (Å²) in [6, 6.07) is 26.9. The van der Waals surface area contributed by atoms with Gasteiger partial charge in [-0.1, -0.05) is 42.0 Å². The first kappa shape index (κ1) is 24.8. The average Bonchev–Trinajstić information content (AvgIpc) is 3.26. The number of halogens is 4. The summed E-state index contributed by atoms with van der Waals surface area (Å²) in [5.74, 6) is 0. The van der Waals surface area contributed by atoms with Crippen molar-refractivity contribution < 1.29 is 30.1 Å². The van der Waals surface area contributed by atoms with Crippen molar-refractivity contribution in [1.82, 2.24) is 4.57 Å².